The molecule has 0 saturated carbocycles. The number of aromatic nitrogens is 1. The molecule has 3 aromatic carbocycles. The molecule has 4 rings (SSSR count). The number of hydrogen-bond acceptors (Lipinski definition) is 2. The molecule has 1 amide bonds. The maximum absolute atomic E-state index is 12.7. The summed E-state index contributed by atoms with van der Waals surface area (Å²) in [6.45, 7) is 2.92. The lowest BCUT2D eigenvalue weighted by Gasteiger charge is -2.07. The van der Waals surface area contributed by atoms with Crippen LogP contribution in [0.25, 0.3) is 10.8 Å². The van der Waals surface area contributed by atoms with Crippen LogP contribution in [0.3, 0.4) is 0 Å². The van der Waals surface area contributed by atoms with Crippen LogP contribution in [0.15, 0.2) is 85.2 Å². The van der Waals surface area contributed by atoms with E-state index in [1.165, 1.54) is 11.1 Å². The van der Waals surface area contributed by atoms with Crippen LogP contribution >= 0.6 is 0 Å². The van der Waals surface area contributed by atoms with Gasteiger partial charge in [-0.1, -0.05) is 36.4 Å². The molecule has 29 heavy (non-hydrogen) atoms. The molecule has 144 valence electrons. The van der Waals surface area contributed by atoms with Crippen molar-refractivity contribution < 1.29 is 14.1 Å². The molecule has 4 aromatic rings. The number of ether oxygens (including phenoxy) is 1. The number of carbonyl (C=O) groups is 1. The van der Waals surface area contributed by atoms with Crippen LogP contribution in [0.2, 0.25) is 0 Å². The van der Waals surface area contributed by atoms with Gasteiger partial charge < -0.3 is 10.1 Å². The Labute approximate surface area is 170 Å². The summed E-state index contributed by atoms with van der Waals surface area (Å²) in [6, 6.07) is 23.7. The fourth-order valence-corrected chi connectivity index (χ4v) is 3.33. The van der Waals surface area contributed by atoms with Gasteiger partial charge in [0.1, 0.15) is 5.75 Å². The van der Waals surface area contributed by atoms with Gasteiger partial charge in [0.15, 0.2) is 18.9 Å². The largest absolute Gasteiger partial charge is 0.497 e. The lowest BCUT2D eigenvalue weighted by molar-refractivity contribution is -0.688. The van der Waals surface area contributed by atoms with E-state index in [-0.39, 0.29) is 5.91 Å². The Balaban J connectivity index is 1.47. The summed E-state index contributed by atoms with van der Waals surface area (Å²) >= 11 is 0. The summed E-state index contributed by atoms with van der Waals surface area (Å²) in [5, 5.41) is 5.01. The molecule has 1 N–H and O–H groups in total. The fraction of sp³-hybridized carbons (Fsp3) is 0.120. The number of aryl methyl sites for hydroxylation is 1. The third-order valence-corrected chi connectivity index (χ3v) is 5.07. The van der Waals surface area contributed by atoms with E-state index >= 15 is 0 Å². The van der Waals surface area contributed by atoms with Crippen molar-refractivity contribution in [3.63, 3.8) is 0 Å². The summed E-state index contributed by atoms with van der Waals surface area (Å²) in [6.07, 6.45) is 3.96. The maximum Gasteiger partial charge on any atom is 0.255 e. The molecule has 0 aliphatic carbocycles. The van der Waals surface area contributed by atoms with E-state index in [1.807, 2.05) is 67.0 Å². The van der Waals surface area contributed by atoms with E-state index in [2.05, 4.69) is 35.0 Å². The number of nitrogens with one attached hydrogen (secondary N) is 1. The molecule has 0 atom stereocenters. The number of methoxy groups -OCH3 is 1. The van der Waals surface area contributed by atoms with Crippen molar-refractivity contribution >= 4 is 22.4 Å². The Hall–Kier alpha value is -3.66. The van der Waals surface area contributed by atoms with E-state index < -0.39 is 0 Å². The van der Waals surface area contributed by atoms with Crippen LogP contribution < -0.4 is 14.6 Å². The van der Waals surface area contributed by atoms with Crippen LogP contribution in [0, 0.1) is 6.92 Å². The molecule has 4 nitrogen and oxygen atoms in total. The van der Waals surface area contributed by atoms with E-state index in [4.69, 9.17) is 4.74 Å². The molecule has 0 aliphatic rings. The van der Waals surface area contributed by atoms with Crippen LogP contribution in [0.5, 0.6) is 5.75 Å². The fourth-order valence-electron chi connectivity index (χ4n) is 3.33. The first-order chi connectivity index (χ1) is 14.1. The minimum absolute atomic E-state index is 0.126. The second-order valence-corrected chi connectivity index (χ2v) is 7.07. The minimum atomic E-state index is -0.126. The maximum atomic E-state index is 12.7. The number of pyridine rings is 1. The van der Waals surface area contributed by atoms with Gasteiger partial charge in [-0.3, -0.25) is 4.79 Å². The molecule has 0 unspecified atom stereocenters. The highest BCUT2D eigenvalue weighted by Crippen LogP contribution is 2.22. The average molecular weight is 383 g/mol. The molecular weight excluding hydrogens is 360 g/mol. The monoisotopic (exact) mass is 383 g/mol. The topological polar surface area (TPSA) is 42.2 Å². The summed E-state index contributed by atoms with van der Waals surface area (Å²) in [4.78, 5) is 12.7. The van der Waals surface area contributed by atoms with Gasteiger partial charge >= 0.3 is 0 Å². The van der Waals surface area contributed by atoms with Gasteiger partial charge in [0, 0.05) is 23.3 Å². The average Bonchev–Trinajstić information content (AvgIpc) is 2.76. The van der Waals surface area contributed by atoms with Gasteiger partial charge in [-0.2, -0.15) is 0 Å². The van der Waals surface area contributed by atoms with E-state index in [0.29, 0.717) is 5.56 Å². The van der Waals surface area contributed by atoms with Crippen molar-refractivity contribution in [2.45, 2.75) is 13.5 Å². The number of carbonyl (C=O) groups excluding carboxylic acids is 1. The molecule has 0 spiro atoms. The first kappa shape index (κ1) is 18.7. The Morgan fingerprint density at radius 3 is 2.41 bits per heavy atom. The number of anilines is 1. The first-order valence-electron chi connectivity index (χ1n) is 9.55. The van der Waals surface area contributed by atoms with Gasteiger partial charge in [-0.05, 0) is 47.5 Å². The number of hydrogen-bond donors (Lipinski definition) is 1. The van der Waals surface area contributed by atoms with Crippen molar-refractivity contribution in [2.75, 3.05) is 12.4 Å². The molecule has 0 bridgehead atoms. The Morgan fingerprint density at radius 1 is 0.931 bits per heavy atom. The van der Waals surface area contributed by atoms with E-state index in [9.17, 15) is 4.79 Å². The zero-order chi connectivity index (χ0) is 20.2. The summed E-state index contributed by atoms with van der Waals surface area (Å²) < 4.78 is 7.35. The van der Waals surface area contributed by atoms with Crippen molar-refractivity contribution in [3.05, 3.63) is 102 Å². The van der Waals surface area contributed by atoms with Crippen molar-refractivity contribution in [2.24, 2.45) is 0 Å². The predicted octanol–water partition coefficient (Wildman–Crippen LogP) is 4.74. The Bertz CT molecular complexity index is 1170. The smallest absolute Gasteiger partial charge is 0.255 e. The number of amides is 1. The highest BCUT2D eigenvalue weighted by atomic mass is 16.5. The Morgan fingerprint density at radius 2 is 1.66 bits per heavy atom. The van der Waals surface area contributed by atoms with Crippen LogP contribution in [-0.2, 0) is 6.54 Å². The molecule has 4 heteroatoms. The third-order valence-electron chi connectivity index (χ3n) is 5.07. The molecule has 0 aliphatic heterocycles. The number of fused-ring (bicyclic) bond motifs is 1. The third kappa shape index (κ3) is 4.27. The number of rotatable bonds is 5. The highest BCUT2D eigenvalue weighted by Gasteiger charge is 2.10. The number of benzene rings is 3. The van der Waals surface area contributed by atoms with Crippen LogP contribution in [0.4, 0.5) is 5.69 Å². The zero-order valence-corrected chi connectivity index (χ0v) is 16.6. The lowest BCUT2D eigenvalue weighted by atomic mass is 10.1. The van der Waals surface area contributed by atoms with Gasteiger partial charge in [-0.15, -0.1) is 0 Å². The van der Waals surface area contributed by atoms with Gasteiger partial charge in [0.2, 0.25) is 0 Å². The molecule has 0 saturated heterocycles. The molecule has 0 fully saturated rings. The molecular formula is C25H23N2O2+. The van der Waals surface area contributed by atoms with Crippen molar-refractivity contribution in [1.82, 2.24) is 0 Å². The summed E-state index contributed by atoms with van der Waals surface area (Å²) in [5.74, 6) is 0.678. The first-order valence-corrected chi connectivity index (χ1v) is 9.55. The van der Waals surface area contributed by atoms with Crippen LogP contribution in [0.1, 0.15) is 21.5 Å². The van der Waals surface area contributed by atoms with Crippen molar-refractivity contribution in [1.29, 1.82) is 0 Å². The highest BCUT2D eigenvalue weighted by molar-refractivity contribution is 6.06. The van der Waals surface area contributed by atoms with Gasteiger partial charge in [0.25, 0.3) is 5.91 Å². The normalized spacial score (nSPS) is 10.7. The minimum Gasteiger partial charge on any atom is -0.497 e. The summed E-state index contributed by atoms with van der Waals surface area (Å²) in [5.41, 5.74) is 3.94. The molecule has 1 heterocycles. The van der Waals surface area contributed by atoms with E-state index in [0.717, 1.165) is 28.8 Å². The lowest BCUT2D eigenvalue weighted by Crippen LogP contribution is -2.33. The second-order valence-electron chi connectivity index (χ2n) is 7.07. The number of nitrogens with zero attached hydrogens (tertiary/aromatic N) is 1. The Kier molecular flexibility index (Phi) is 5.25. The second kappa shape index (κ2) is 8.15. The van der Waals surface area contributed by atoms with Gasteiger partial charge in [-0.25, -0.2) is 4.57 Å². The molecule has 1 aromatic heterocycles. The van der Waals surface area contributed by atoms with Crippen molar-refractivity contribution in [3.8, 4) is 5.75 Å². The predicted molar refractivity (Wildman–Crippen MR) is 115 cm³/mol. The summed E-state index contributed by atoms with van der Waals surface area (Å²) in [7, 11) is 1.65. The zero-order valence-electron chi connectivity index (χ0n) is 16.6. The van der Waals surface area contributed by atoms with Crippen LogP contribution in [-0.4, -0.2) is 13.0 Å². The SMILES string of the molecule is COc1ccc2cc(C(=O)Nc3cc[n+](Cc4ccccc4C)cc3)ccc2c1. The van der Waals surface area contributed by atoms with Gasteiger partial charge in [0.05, 0.1) is 12.8 Å². The van der Waals surface area contributed by atoms with E-state index in [1.54, 1.807) is 7.11 Å². The standard InChI is InChI=1S/C25H22N2O2/c1-18-5-3-4-6-22(18)17-27-13-11-23(12-14-27)26-25(28)21-8-7-20-16-24(29-2)10-9-19(20)15-21/h3-16H,17H2,1-2H3/p+1. The quantitative estimate of drug-likeness (QED) is 0.506. The molecule has 0 radical (unpaired) electrons.